The first-order valence-electron chi connectivity index (χ1n) is 6.29. The normalized spacial score (nSPS) is 11.0. The smallest absolute Gasteiger partial charge is 0.251 e. The molecule has 2 N–H and O–H groups in total. The number of aromatic amines is 1. The molecule has 20 heavy (non-hydrogen) atoms. The van der Waals surface area contributed by atoms with Crippen molar-refractivity contribution in [3.8, 4) is 0 Å². The summed E-state index contributed by atoms with van der Waals surface area (Å²) >= 11 is 4.95. The van der Waals surface area contributed by atoms with Crippen LogP contribution in [0.4, 0.5) is 0 Å². The molecule has 0 aliphatic heterocycles. The molecule has 0 amide bonds. The van der Waals surface area contributed by atoms with Crippen LogP contribution in [0.1, 0.15) is 19.4 Å². The Balaban J connectivity index is 2.24. The van der Waals surface area contributed by atoms with Crippen molar-refractivity contribution in [1.29, 1.82) is 0 Å². The monoisotopic (exact) mass is 353 g/mol. The summed E-state index contributed by atoms with van der Waals surface area (Å²) in [5.41, 5.74) is 1.03. The van der Waals surface area contributed by atoms with E-state index in [0.717, 1.165) is 15.9 Å². The largest absolute Gasteiger partial charge is 0.310 e. The minimum absolute atomic E-state index is 0.138. The molecule has 0 aliphatic carbocycles. The van der Waals surface area contributed by atoms with Crippen LogP contribution in [0.3, 0.4) is 0 Å². The Morgan fingerprint density at radius 1 is 1.40 bits per heavy atom. The summed E-state index contributed by atoms with van der Waals surface area (Å²) in [4.78, 5) is 19.3. The molecule has 4 nitrogen and oxygen atoms in total. The first kappa shape index (κ1) is 15.3. The number of benzene rings is 1. The molecule has 0 fully saturated rings. The number of halogens is 1. The molecular weight excluding hydrogens is 338 g/mol. The maximum absolute atomic E-state index is 11.3. The molecule has 1 aromatic heterocycles. The zero-order valence-electron chi connectivity index (χ0n) is 11.3. The predicted octanol–water partition coefficient (Wildman–Crippen LogP) is 3.18. The van der Waals surface area contributed by atoms with Gasteiger partial charge in [0.1, 0.15) is 0 Å². The third-order valence-corrected chi connectivity index (χ3v) is 4.09. The molecule has 0 saturated carbocycles. The van der Waals surface area contributed by atoms with E-state index in [0.29, 0.717) is 11.2 Å². The maximum Gasteiger partial charge on any atom is 0.251 e. The van der Waals surface area contributed by atoms with Gasteiger partial charge in [-0.05, 0) is 23.8 Å². The summed E-state index contributed by atoms with van der Waals surface area (Å²) < 4.78 is 1.04. The minimum atomic E-state index is -0.138. The molecule has 1 aromatic carbocycles. The summed E-state index contributed by atoms with van der Waals surface area (Å²) in [5.74, 6) is 0. The highest BCUT2D eigenvalue weighted by Gasteiger charge is 2.07. The van der Waals surface area contributed by atoms with Crippen LogP contribution in [0.25, 0.3) is 0 Å². The second-order valence-electron chi connectivity index (χ2n) is 4.63. The summed E-state index contributed by atoms with van der Waals surface area (Å²) in [6, 6.07) is 7.92. The number of H-pyrrole nitrogens is 1. The van der Waals surface area contributed by atoms with Crippen LogP contribution in [-0.2, 0) is 6.54 Å². The van der Waals surface area contributed by atoms with E-state index in [1.54, 1.807) is 0 Å². The van der Waals surface area contributed by atoms with Crippen LogP contribution in [0.5, 0.6) is 0 Å². The van der Waals surface area contributed by atoms with Gasteiger partial charge in [0.05, 0.1) is 0 Å². The number of nitrogens with one attached hydrogen (secondary N) is 2. The molecule has 0 bridgehead atoms. The summed E-state index contributed by atoms with van der Waals surface area (Å²) in [7, 11) is 0. The molecule has 106 valence electrons. The van der Waals surface area contributed by atoms with E-state index in [1.807, 2.05) is 12.1 Å². The van der Waals surface area contributed by atoms with Gasteiger partial charge in [0.15, 0.2) is 5.16 Å². The second kappa shape index (κ2) is 7.06. The van der Waals surface area contributed by atoms with Crippen molar-refractivity contribution in [3.63, 3.8) is 0 Å². The average Bonchev–Trinajstić information content (AvgIpc) is 2.39. The van der Waals surface area contributed by atoms with E-state index < -0.39 is 0 Å². The predicted molar refractivity (Wildman–Crippen MR) is 85.1 cm³/mol. The molecule has 0 radical (unpaired) electrons. The quantitative estimate of drug-likeness (QED) is 0.810. The van der Waals surface area contributed by atoms with Crippen LogP contribution in [0, 0.1) is 0 Å². The number of rotatable bonds is 5. The first-order chi connectivity index (χ1) is 9.54. The highest BCUT2D eigenvalue weighted by atomic mass is 79.9. The lowest BCUT2D eigenvalue weighted by atomic mass is 10.2. The van der Waals surface area contributed by atoms with Gasteiger partial charge < -0.3 is 10.3 Å². The molecule has 0 spiro atoms. The van der Waals surface area contributed by atoms with E-state index in [1.165, 1.54) is 29.6 Å². The molecule has 2 rings (SSSR count). The Hall–Kier alpha value is -1.11. The van der Waals surface area contributed by atoms with Crippen molar-refractivity contribution in [2.24, 2.45) is 0 Å². The zero-order chi connectivity index (χ0) is 14.5. The first-order valence-corrected chi connectivity index (χ1v) is 7.90. The highest BCUT2D eigenvalue weighted by Crippen LogP contribution is 2.29. The van der Waals surface area contributed by atoms with Crippen molar-refractivity contribution in [2.75, 3.05) is 0 Å². The lowest BCUT2D eigenvalue weighted by Crippen LogP contribution is -2.22. The van der Waals surface area contributed by atoms with Crippen LogP contribution in [-0.4, -0.2) is 16.0 Å². The Labute approximate surface area is 130 Å². The van der Waals surface area contributed by atoms with Crippen molar-refractivity contribution in [3.05, 3.63) is 50.9 Å². The maximum atomic E-state index is 11.3. The van der Waals surface area contributed by atoms with E-state index in [2.05, 4.69) is 51.1 Å². The fourth-order valence-electron chi connectivity index (χ4n) is 1.61. The molecule has 6 heteroatoms. The number of aromatic nitrogens is 2. The van der Waals surface area contributed by atoms with E-state index in [4.69, 9.17) is 0 Å². The number of nitrogens with zero attached hydrogens (tertiary/aromatic N) is 1. The Kier molecular flexibility index (Phi) is 5.39. The summed E-state index contributed by atoms with van der Waals surface area (Å²) in [5, 5.41) is 4.00. The van der Waals surface area contributed by atoms with Gasteiger partial charge in [0.2, 0.25) is 0 Å². The molecule has 1 heterocycles. The van der Waals surface area contributed by atoms with E-state index >= 15 is 0 Å². The summed E-state index contributed by atoms with van der Waals surface area (Å²) in [6.45, 7) is 5.00. The van der Waals surface area contributed by atoms with Crippen LogP contribution < -0.4 is 10.9 Å². The fourth-order valence-corrected chi connectivity index (χ4v) is 2.89. The fraction of sp³-hybridized carbons (Fsp3) is 0.286. The van der Waals surface area contributed by atoms with Gasteiger partial charge in [0.25, 0.3) is 5.56 Å². The second-order valence-corrected chi connectivity index (χ2v) is 6.58. The van der Waals surface area contributed by atoms with Crippen LogP contribution in [0.15, 0.2) is 49.8 Å². The standard InChI is InChI=1S/C14H16BrN3OS/c1-9(2)17-8-10-7-11(15)3-4-12(10)20-14-16-6-5-13(19)18-14/h3-7,9,17H,8H2,1-2H3,(H,16,18,19). The lowest BCUT2D eigenvalue weighted by Gasteiger charge is -2.12. The van der Waals surface area contributed by atoms with Gasteiger partial charge in [-0.25, -0.2) is 4.98 Å². The van der Waals surface area contributed by atoms with Gasteiger partial charge in [-0.2, -0.15) is 0 Å². The van der Waals surface area contributed by atoms with Gasteiger partial charge >= 0.3 is 0 Å². The Morgan fingerprint density at radius 3 is 2.90 bits per heavy atom. The lowest BCUT2D eigenvalue weighted by molar-refractivity contribution is 0.584. The third kappa shape index (κ3) is 4.47. The van der Waals surface area contributed by atoms with Crippen molar-refractivity contribution in [1.82, 2.24) is 15.3 Å². The molecular formula is C14H16BrN3OS. The SMILES string of the molecule is CC(C)NCc1cc(Br)ccc1Sc1nccc(=O)[nH]1. The van der Waals surface area contributed by atoms with Gasteiger partial charge in [0, 0.05) is 34.2 Å². The summed E-state index contributed by atoms with van der Waals surface area (Å²) in [6.07, 6.45) is 1.52. The molecule has 0 unspecified atom stereocenters. The number of hydrogen-bond donors (Lipinski definition) is 2. The highest BCUT2D eigenvalue weighted by molar-refractivity contribution is 9.10. The minimum Gasteiger partial charge on any atom is -0.310 e. The Bertz CT molecular complexity index is 642. The number of hydrogen-bond acceptors (Lipinski definition) is 4. The third-order valence-electron chi connectivity index (χ3n) is 2.58. The Morgan fingerprint density at radius 2 is 2.20 bits per heavy atom. The molecule has 0 saturated heterocycles. The average molecular weight is 354 g/mol. The van der Waals surface area contributed by atoms with E-state index in [9.17, 15) is 4.79 Å². The van der Waals surface area contributed by atoms with E-state index in [-0.39, 0.29) is 5.56 Å². The van der Waals surface area contributed by atoms with Crippen LogP contribution in [0.2, 0.25) is 0 Å². The van der Waals surface area contributed by atoms with Gasteiger partial charge in [-0.1, -0.05) is 41.5 Å². The van der Waals surface area contributed by atoms with Crippen molar-refractivity contribution in [2.45, 2.75) is 36.5 Å². The van der Waals surface area contributed by atoms with Gasteiger partial charge in [-0.3, -0.25) is 4.79 Å². The zero-order valence-corrected chi connectivity index (χ0v) is 13.7. The molecule has 0 aliphatic rings. The van der Waals surface area contributed by atoms with Gasteiger partial charge in [-0.15, -0.1) is 0 Å². The van der Waals surface area contributed by atoms with Crippen LogP contribution >= 0.6 is 27.7 Å². The van der Waals surface area contributed by atoms with Crippen molar-refractivity contribution < 1.29 is 0 Å². The topological polar surface area (TPSA) is 57.8 Å². The molecule has 0 atom stereocenters. The van der Waals surface area contributed by atoms with Crippen molar-refractivity contribution >= 4 is 27.7 Å². The molecule has 2 aromatic rings.